The van der Waals surface area contributed by atoms with Crippen molar-refractivity contribution in [3.63, 3.8) is 0 Å². The maximum Gasteiger partial charge on any atom is 0.333 e. The minimum atomic E-state index is -1.26. The van der Waals surface area contributed by atoms with Gasteiger partial charge in [-0.3, -0.25) is 0 Å². The van der Waals surface area contributed by atoms with Crippen LogP contribution in [0.25, 0.3) is 0 Å². The highest BCUT2D eigenvalue weighted by atomic mass is 32.2. The summed E-state index contributed by atoms with van der Waals surface area (Å²) in [5.74, 6) is 0.679. The van der Waals surface area contributed by atoms with Crippen molar-refractivity contribution < 1.29 is 19.1 Å². The zero-order valence-corrected chi connectivity index (χ0v) is 13.4. The van der Waals surface area contributed by atoms with Crippen molar-refractivity contribution in [2.45, 2.75) is 31.4 Å². The number of hydrogen-bond acceptors (Lipinski definition) is 6. The van der Waals surface area contributed by atoms with Crippen molar-refractivity contribution in [2.24, 2.45) is 0 Å². The topological polar surface area (TPSA) is 52.6 Å². The van der Waals surface area contributed by atoms with Gasteiger partial charge in [0, 0.05) is 6.42 Å². The van der Waals surface area contributed by atoms with E-state index in [1.807, 2.05) is 13.8 Å². The predicted octanol–water partition coefficient (Wildman–Crippen LogP) is 2.63. The summed E-state index contributed by atoms with van der Waals surface area (Å²) in [5, 5.41) is 0. The third-order valence-corrected chi connectivity index (χ3v) is 5.84. The average molecular weight is 304 g/mol. The molecule has 0 aliphatic carbocycles. The molecule has 0 amide bonds. The van der Waals surface area contributed by atoms with Gasteiger partial charge in [0.05, 0.1) is 14.2 Å². The number of hydrogen-bond donors (Lipinski definition) is 0. The lowest BCUT2D eigenvalue weighted by atomic mass is 9.99. The minimum Gasteiger partial charge on any atom is -0.468 e. The summed E-state index contributed by atoms with van der Waals surface area (Å²) >= 11 is 3.11. The molecule has 0 saturated heterocycles. The standard InChI is InChI=1S/C13H20O4S2/c1-9-8-13(11(14)16-3,12(15)17-4)19-7-5-6-18-10(9)2/h5-8H2,1-4H3/b10-9-. The molecule has 0 fully saturated rings. The Morgan fingerprint density at radius 2 is 1.68 bits per heavy atom. The van der Waals surface area contributed by atoms with E-state index in [4.69, 9.17) is 9.47 Å². The highest BCUT2D eigenvalue weighted by Gasteiger charge is 2.49. The third-order valence-electron chi connectivity index (χ3n) is 3.10. The van der Waals surface area contributed by atoms with Gasteiger partial charge in [0.2, 0.25) is 4.75 Å². The molecule has 0 saturated carbocycles. The highest BCUT2D eigenvalue weighted by Crippen LogP contribution is 2.39. The van der Waals surface area contributed by atoms with Gasteiger partial charge in [0.1, 0.15) is 0 Å². The van der Waals surface area contributed by atoms with Gasteiger partial charge in [-0.1, -0.05) is 5.57 Å². The van der Waals surface area contributed by atoms with Gasteiger partial charge in [-0.05, 0) is 36.7 Å². The summed E-state index contributed by atoms with van der Waals surface area (Å²) in [6, 6.07) is 0. The van der Waals surface area contributed by atoms with E-state index in [1.54, 1.807) is 11.8 Å². The molecular weight excluding hydrogens is 284 g/mol. The van der Waals surface area contributed by atoms with E-state index in [-0.39, 0.29) is 0 Å². The Morgan fingerprint density at radius 1 is 1.11 bits per heavy atom. The molecule has 0 aromatic heterocycles. The molecule has 1 rings (SSSR count). The Bertz CT molecular complexity index is 374. The van der Waals surface area contributed by atoms with Crippen LogP contribution in [-0.2, 0) is 19.1 Å². The molecule has 0 aromatic carbocycles. The van der Waals surface area contributed by atoms with E-state index < -0.39 is 16.7 Å². The summed E-state index contributed by atoms with van der Waals surface area (Å²) in [6.07, 6.45) is 1.28. The van der Waals surface area contributed by atoms with Crippen molar-refractivity contribution in [2.75, 3.05) is 25.7 Å². The second-order valence-corrected chi connectivity index (χ2v) is 7.08. The smallest absolute Gasteiger partial charge is 0.333 e. The van der Waals surface area contributed by atoms with Crippen molar-refractivity contribution in [1.29, 1.82) is 0 Å². The van der Waals surface area contributed by atoms with Gasteiger partial charge in [0.25, 0.3) is 0 Å². The second kappa shape index (κ2) is 7.24. The van der Waals surface area contributed by atoms with Crippen molar-refractivity contribution >= 4 is 35.5 Å². The van der Waals surface area contributed by atoms with Crippen LogP contribution in [-0.4, -0.2) is 42.4 Å². The Morgan fingerprint density at radius 3 is 2.21 bits per heavy atom. The average Bonchev–Trinajstić information content (AvgIpc) is 2.49. The number of methoxy groups -OCH3 is 2. The van der Waals surface area contributed by atoms with Crippen LogP contribution in [0.5, 0.6) is 0 Å². The van der Waals surface area contributed by atoms with E-state index >= 15 is 0 Å². The second-order valence-electron chi connectivity index (χ2n) is 4.37. The number of ether oxygens (including phenoxy) is 2. The molecule has 1 aliphatic heterocycles. The van der Waals surface area contributed by atoms with Gasteiger partial charge in [-0.15, -0.1) is 23.5 Å². The molecule has 0 aromatic rings. The normalized spacial score (nSPS) is 23.8. The number of carbonyl (C=O) groups excluding carboxylic acids is 2. The molecule has 1 aliphatic rings. The molecule has 0 radical (unpaired) electrons. The first-order valence-corrected chi connectivity index (χ1v) is 8.05. The Hall–Kier alpha value is -0.620. The SMILES string of the molecule is COC(=O)C1(C(=O)OC)C/C(C)=C(/C)SCCCS1. The van der Waals surface area contributed by atoms with Gasteiger partial charge in [-0.2, -0.15) is 0 Å². The fourth-order valence-corrected chi connectivity index (χ4v) is 4.33. The molecule has 0 unspecified atom stereocenters. The van der Waals surface area contributed by atoms with Crippen molar-refractivity contribution in [1.82, 2.24) is 0 Å². The highest BCUT2D eigenvalue weighted by molar-refractivity contribution is 8.03. The predicted molar refractivity (Wildman–Crippen MR) is 79.3 cm³/mol. The number of esters is 2. The molecule has 108 valence electrons. The lowest BCUT2D eigenvalue weighted by molar-refractivity contribution is -0.155. The zero-order valence-electron chi connectivity index (χ0n) is 11.8. The zero-order chi connectivity index (χ0) is 14.5. The summed E-state index contributed by atoms with van der Waals surface area (Å²) < 4.78 is 8.43. The molecule has 4 nitrogen and oxygen atoms in total. The van der Waals surface area contributed by atoms with Crippen LogP contribution in [0.3, 0.4) is 0 Å². The first-order valence-electron chi connectivity index (χ1n) is 6.08. The molecule has 19 heavy (non-hydrogen) atoms. The number of thioether (sulfide) groups is 2. The number of carbonyl (C=O) groups is 2. The van der Waals surface area contributed by atoms with Gasteiger partial charge >= 0.3 is 11.9 Å². The molecule has 0 spiro atoms. The van der Waals surface area contributed by atoms with E-state index in [1.165, 1.54) is 30.9 Å². The van der Waals surface area contributed by atoms with Crippen LogP contribution in [0.2, 0.25) is 0 Å². The molecule has 1 heterocycles. The van der Waals surface area contributed by atoms with Crippen LogP contribution in [0, 0.1) is 0 Å². The minimum absolute atomic E-state index is 0.343. The monoisotopic (exact) mass is 304 g/mol. The maximum atomic E-state index is 12.1. The van der Waals surface area contributed by atoms with Crippen LogP contribution >= 0.6 is 23.5 Å². The Labute approximate surface area is 122 Å². The molecule has 0 bridgehead atoms. The molecule has 0 atom stereocenters. The van der Waals surface area contributed by atoms with E-state index in [9.17, 15) is 9.59 Å². The number of rotatable bonds is 2. The first-order chi connectivity index (χ1) is 8.97. The third kappa shape index (κ3) is 3.69. The maximum absolute atomic E-state index is 12.1. The number of allylic oxidation sites excluding steroid dienone is 2. The lowest BCUT2D eigenvalue weighted by Gasteiger charge is -2.27. The molecular formula is C13H20O4S2. The summed E-state index contributed by atoms with van der Waals surface area (Å²) in [6.45, 7) is 3.98. The largest absolute Gasteiger partial charge is 0.468 e. The summed E-state index contributed by atoms with van der Waals surface area (Å²) in [4.78, 5) is 25.5. The lowest BCUT2D eigenvalue weighted by Crippen LogP contribution is -2.46. The van der Waals surface area contributed by atoms with E-state index in [0.717, 1.165) is 23.5 Å². The fourth-order valence-electron chi connectivity index (χ4n) is 1.88. The molecule has 6 heteroatoms. The van der Waals surface area contributed by atoms with Gasteiger partial charge in [-0.25, -0.2) is 9.59 Å². The fraction of sp³-hybridized carbons (Fsp3) is 0.692. The summed E-state index contributed by atoms with van der Waals surface area (Å²) in [7, 11) is 2.61. The van der Waals surface area contributed by atoms with E-state index in [2.05, 4.69) is 0 Å². The Kier molecular flexibility index (Phi) is 6.26. The van der Waals surface area contributed by atoms with Gasteiger partial charge < -0.3 is 9.47 Å². The van der Waals surface area contributed by atoms with Crippen LogP contribution in [0.4, 0.5) is 0 Å². The van der Waals surface area contributed by atoms with E-state index in [0.29, 0.717) is 6.42 Å². The Balaban J connectivity index is 3.20. The van der Waals surface area contributed by atoms with Crippen LogP contribution < -0.4 is 0 Å². The summed E-state index contributed by atoms with van der Waals surface area (Å²) in [5.41, 5.74) is 1.04. The van der Waals surface area contributed by atoms with Gasteiger partial charge in [0.15, 0.2) is 0 Å². The van der Waals surface area contributed by atoms with Crippen molar-refractivity contribution in [3.05, 3.63) is 10.5 Å². The van der Waals surface area contributed by atoms with Crippen molar-refractivity contribution in [3.8, 4) is 0 Å². The van der Waals surface area contributed by atoms with Crippen LogP contribution in [0.1, 0.15) is 26.7 Å². The van der Waals surface area contributed by atoms with Crippen LogP contribution in [0.15, 0.2) is 10.5 Å². The first kappa shape index (κ1) is 16.4. The molecule has 0 N–H and O–H groups in total. The quantitative estimate of drug-likeness (QED) is 0.577.